The lowest BCUT2D eigenvalue weighted by Gasteiger charge is -2.19. The number of hydrogen-bond acceptors (Lipinski definition) is 4. The van der Waals surface area contributed by atoms with Gasteiger partial charge in [-0.05, 0) is 52.3 Å². The highest BCUT2D eigenvalue weighted by molar-refractivity contribution is 14.1. The van der Waals surface area contributed by atoms with E-state index in [1.165, 1.54) is 0 Å². The summed E-state index contributed by atoms with van der Waals surface area (Å²) in [4.78, 5) is 13.7. The molecule has 1 unspecified atom stereocenters. The molecular formula is C22H19ClIN5. The van der Waals surface area contributed by atoms with Gasteiger partial charge in [0.1, 0.15) is 17.4 Å². The van der Waals surface area contributed by atoms with Crippen LogP contribution in [0.15, 0.2) is 56.2 Å². The number of fused-ring (bicyclic) bond motifs is 1. The first kappa shape index (κ1) is 20.0. The lowest BCUT2D eigenvalue weighted by molar-refractivity contribution is 0.685. The minimum absolute atomic E-state index is 0.521. The molecule has 0 saturated heterocycles. The van der Waals surface area contributed by atoms with Gasteiger partial charge in [0.2, 0.25) is 5.54 Å². The first-order valence-corrected chi connectivity index (χ1v) is 11.0. The fourth-order valence-corrected chi connectivity index (χ4v) is 4.41. The summed E-state index contributed by atoms with van der Waals surface area (Å²) in [5.41, 5.74) is 2.73. The zero-order valence-electron chi connectivity index (χ0n) is 15.9. The molecule has 2 aromatic heterocycles. The number of halogens is 2. The second-order valence-electron chi connectivity index (χ2n) is 7.00. The van der Waals surface area contributed by atoms with Crippen molar-refractivity contribution < 1.29 is 0 Å². The molecule has 0 amide bonds. The van der Waals surface area contributed by atoms with Crippen molar-refractivity contribution in [2.75, 3.05) is 0 Å². The number of pyridine rings is 1. The van der Waals surface area contributed by atoms with Gasteiger partial charge in [0.25, 0.3) is 0 Å². The molecule has 3 heterocycles. The summed E-state index contributed by atoms with van der Waals surface area (Å²) in [6.07, 6.45) is 6.51. The van der Waals surface area contributed by atoms with Crippen molar-refractivity contribution in [1.29, 1.82) is 5.26 Å². The Morgan fingerprint density at radius 2 is 2.03 bits per heavy atom. The van der Waals surface area contributed by atoms with Gasteiger partial charge in [-0.2, -0.15) is 5.26 Å². The summed E-state index contributed by atoms with van der Waals surface area (Å²) in [5, 5.41) is 10.3. The molecule has 0 spiro atoms. The predicted octanol–water partition coefficient (Wildman–Crippen LogP) is 5.51. The van der Waals surface area contributed by atoms with Crippen molar-refractivity contribution in [2.24, 2.45) is 4.99 Å². The fraction of sp³-hybridized carbons (Fsp3) is 0.273. The molecule has 1 aromatic carbocycles. The van der Waals surface area contributed by atoms with E-state index in [9.17, 15) is 5.26 Å². The maximum absolute atomic E-state index is 9.79. The minimum Gasteiger partial charge on any atom is -0.308 e. The van der Waals surface area contributed by atoms with Crippen LogP contribution in [0.3, 0.4) is 0 Å². The van der Waals surface area contributed by atoms with E-state index in [0.29, 0.717) is 11.6 Å². The van der Waals surface area contributed by atoms with Crippen LogP contribution in [0.1, 0.15) is 36.7 Å². The molecule has 0 bridgehead atoms. The topological polar surface area (TPSA) is 66.9 Å². The molecule has 146 valence electrons. The number of aryl methyl sites for hydroxylation is 1. The molecule has 1 aliphatic heterocycles. The van der Waals surface area contributed by atoms with Crippen LogP contribution in [0.5, 0.6) is 0 Å². The average Bonchev–Trinajstić information content (AvgIpc) is 3.25. The third kappa shape index (κ3) is 3.58. The van der Waals surface area contributed by atoms with Gasteiger partial charge in [-0.1, -0.05) is 49.2 Å². The van der Waals surface area contributed by atoms with Crippen molar-refractivity contribution in [3.05, 3.63) is 68.2 Å². The number of hydrogen-bond donors (Lipinski definition) is 0. The number of nitrogens with zero attached hydrogens (tertiary/aromatic N) is 5. The van der Waals surface area contributed by atoms with E-state index in [4.69, 9.17) is 16.6 Å². The number of rotatable bonds is 6. The van der Waals surface area contributed by atoms with Gasteiger partial charge < -0.3 is 4.57 Å². The number of unbranched alkanes of at least 4 members (excludes halogenated alkanes) is 1. The van der Waals surface area contributed by atoms with Gasteiger partial charge in [-0.25, -0.2) is 9.97 Å². The Labute approximate surface area is 188 Å². The number of benzene rings is 1. The maximum Gasteiger partial charge on any atom is 0.203 e. The van der Waals surface area contributed by atoms with E-state index in [1.807, 2.05) is 36.4 Å². The molecule has 4 rings (SSSR count). The molecule has 1 atom stereocenters. The normalized spacial score (nSPS) is 18.6. The van der Waals surface area contributed by atoms with Crippen LogP contribution in [0.25, 0.3) is 11.2 Å². The Bertz CT molecular complexity index is 1160. The van der Waals surface area contributed by atoms with Crippen molar-refractivity contribution in [2.45, 2.75) is 38.3 Å². The largest absolute Gasteiger partial charge is 0.308 e. The van der Waals surface area contributed by atoms with Gasteiger partial charge >= 0.3 is 0 Å². The van der Waals surface area contributed by atoms with E-state index in [1.54, 1.807) is 12.4 Å². The van der Waals surface area contributed by atoms with Crippen molar-refractivity contribution in [3.8, 4) is 6.07 Å². The van der Waals surface area contributed by atoms with E-state index >= 15 is 0 Å². The summed E-state index contributed by atoms with van der Waals surface area (Å²) in [6, 6.07) is 14.2. The molecule has 7 heteroatoms. The van der Waals surface area contributed by atoms with Gasteiger partial charge in [-0.3, -0.25) is 4.99 Å². The third-order valence-electron chi connectivity index (χ3n) is 5.11. The van der Waals surface area contributed by atoms with Crippen LogP contribution in [0.2, 0.25) is 0 Å². The van der Waals surface area contributed by atoms with Gasteiger partial charge in [0, 0.05) is 18.8 Å². The average molecular weight is 516 g/mol. The van der Waals surface area contributed by atoms with Gasteiger partial charge in [0.05, 0.1) is 15.2 Å². The Balaban J connectivity index is 1.67. The zero-order valence-corrected chi connectivity index (χ0v) is 18.9. The smallest absolute Gasteiger partial charge is 0.203 e. The van der Waals surface area contributed by atoms with Crippen LogP contribution in [-0.2, 0) is 18.5 Å². The van der Waals surface area contributed by atoms with Gasteiger partial charge in [0.15, 0.2) is 5.65 Å². The van der Waals surface area contributed by atoms with E-state index in [-0.39, 0.29) is 0 Å². The first-order valence-electron chi connectivity index (χ1n) is 9.51. The molecule has 3 aromatic rings. The minimum atomic E-state index is -1.04. The highest BCUT2D eigenvalue weighted by Crippen LogP contribution is 2.43. The maximum atomic E-state index is 9.79. The molecule has 0 N–H and O–H groups in total. The summed E-state index contributed by atoms with van der Waals surface area (Å²) in [6.45, 7) is 2.87. The third-order valence-corrected chi connectivity index (χ3v) is 7.08. The monoisotopic (exact) mass is 515 g/mol. The number of aromatic nitrogens is 3. The molecule has 0 fully saturated rings. The Morgan fingerprint density at radius 3 is 2.69 bits per heavy atom. The summed E-state index contributed by atoms with van der Waals surface area (Å²) in [5.74, 6) is 1.06. The number of nitriles is 1. The van der Waals surface area contributed by atoms with Crippen LogP contribution >= 0.6 is 34.2 Å². The fourth-order valence-electron chi connectivity index (χ4n) is 3.51. The van der Waals surface area contributed by atoms with Crippen LogP contribution in [0, 0.1) is 11.3 Å². The summed E-state index contributed by atoms with van der Waals surface area (Å²) >= 11 is 8.28. The first-order chi connectivity index (χ1) is 14.1. The van der Waals surface area contributed by atoms with Crippen LogP contribution < -0.4 is 0 Å². The number of imidazole rings is 1. The highest BCUT2D eigenvalue weighted by Gasteiger charge is 2.39. The molecule has 5 nitrogen and oxygen atoms in total. The lowest BCUT2D eigenvalue weighted by atomic mass is 9.92. The lowest BCUT2D eigenvalue weighted by Crippen LogP contribution is -2.19. The Kier molecular flexibility index (Phi) is 5.70. The molecule has 0 aliphatic carbocycles. The zero-order chi connectivity index (χ0) is 20.4. The van der Waals surface area contributed by atoms with Crippen molar-refractivity contribution in [1.82, 2.24) is 14.5 Å². The van der Waals surface area contributed by atoms with E-state index in [2.05, 4.69) is 50.1 Å². The molecular weight excluding hydrogens is 497 g/mol. The number of allylic oxidation sites excluding steroid dienone is 1. The Hall–Kier alpha value is -2.24. The molecule has 0 radical (unpaired) electrons. The molecule has 0 saturated carbocycles. The van der Waals surface area contributed by atoms with Gasteiger partial charge in [-0.15, -0.1) is 0 Å². The predicted molar refractivity (Wildman–Crippen MR) is 124 cm³/mol. The standard InChI is InChI=1S/C22H19ClIN5/c1-2-3-6-19-28-18-5-4-11-26-21(18)29(19)13-15-7-9-16(10-8-15)22(14-25)20(24)17(23)12-27-22/h4-5,7-12H,2-3,6,13H2,1H3. The van der Waals surface area contributed by atoms with Crippen molar-refractivity contribution >= 4 is 51.6 Å². The van der Waals surface area contributed by atoms with Crippen molar-refractivity contribution in [3.63, 3.8) is 0 Å². The molecule has 29 heavy (non-hydrogen) atoms. The van der Waals surface area contributed by atoms with Crippen LogP contribution in [-0.4, -0.2) is 20.7 Å². The second kappa shape index (κ2) is 8.25. The Morgan fingerprint density at radius 1 is 1.24 bits per heavy atom. The SMILES string of the molecule is CCCCc1nc2cccnc2n1Cc1ccc(C2(C#N)N=CC(Cl)=C2I)cc1. The summed E-state index contributed by atoms with van der Waals surface area (Å²) < 4.78 is 2.92. The van der Waals surface area contributed by atoms with E-state index in [0.717, 1.165) is 51.0 Å². The van der Waals surface area contributed by atoms with E-state index < -0.39 is 5.54 Å². The number of aliphatic imine (C=N–C) groups is 1. The second-order valence-corrected chi connectivity index (χ2v) is 8.49. The quantitative estimate of drug-likeness (QED) is 0.407. The van der Waals surface area contributed by atoms with Crippen LogP contribution in [0.4, 0.5) is 0 Å². The summed E-state index contributed by atoms with van der Waals surface area (Å²) in [7, 11) is 0. The highest BCUT2D eigenvalue weighted by atomic mass is 127. The molecule has 1 aliphatic rings.